The molecule has 0 aliphatic rings. The maximum atomic E-state index is 12.3. The van der Waals surface area contributed by atoms with Gasteiger partial charge in [0.15, 0.2) is 0 Å². The molecule has 0 saturated carbocycles. The van der Waals surface area contributed by atoms with Gasteiger partial charge in [-0.05, 0) is 25.8 Å². The van der Waals surface area contributed by atoms with E-state index in [0.717, 1.165) is 22.5 Å². The van der Waals surface area contributed by atoms with Gasteiger partial charge in [-0.25, -0.2) is 4.98 Å². The van der Waals surface area contributed by atoms with Crippen LogP contribution in [-0.2, 0) is 6.42 Å². The summed E-state index contributed by atoms with van der Waals surface area (Å²) in [7, 11) is 0. The number of benzene rings is 1. The molecular formula is C15H17BrN2OS. The number of aryl methyl sites for hydroxylation is 2. The Morgan fingerprint density at radius 2 is 2.05 bits per heavy atom. The fourth-order valence-electron chi connectivity index (χ4n) is 2.04. The molecule has 0 fully saturated rings. The molecule has 0 spiro atoms. The Labute approximate surface area is 131 Å². The molecule has 2 rings (SSSR count). The molecule has 0 aliphatic carbocycles. The Morgan fingerprint density at radius 3 is 2.60 bits per heavy atom. The van der Waals surface area contributed by atoms with Crippen LogP contribution < -0.4 is 5.32 Å². The van der Waals surface area contributed by atoms with E-state index in [4.69, 9.17) is 0 Å². The van der Waals surface area contributed by atoms with Gasteiger partial charge in [-0.2, -0.15) is 0 Å². The van der Waals surface area contributed by atoms with Crippen LogP contribution in [0, 0.1) is 13.8 Å². The largest absolute Gasteiger partial charge is 0.347 e. The average Bonchev–Trinajstić information content (AvgIpc) is 2.78. The fourth-order valence-corrected chi connectivity index (χ4v) is 3.25. The summed E-state index contributed by atoms with van der Waals surface area (Å²) in [5.74, 6) is -0.0338. The topological polar surface area (TPSA) is 42.0 Å². The van der Waals surface area contributed by atoms with Crippen molar-refractivity contribution in [2.45, 2.75) is 26.3 Å². The van der Waals surface area contributed by atoms with Gasteiger partial charge in [0.1, 0.15) is 4.88 Å². The van der Waals surface area contributed by atoms with E-state index >= 15 is 0 Å². The molecule has 1 N–H and O–H groups in total. The Morgan fingerprint density at radius 1 is 1.35 bits per heavy atom. The maximum absolute atomic E-state index is 12.3. The van der Waals surface area contributed by atoms with Crippen LogP contribution in [0.2, 0.25) is 0 Å². The molecule has 0 bridgehead atoms. The van der Waals surface area contributed by atoms with Gasteiger partial charge in [0.25, 0.3) is 5.91 Å². The Bertz CT molecular complexity index is 583. The molecule has 2 aromatic rings. The van der Waals surface area contributed by atoms with Crippen LogP contribution in [0.15, 0.2) is 30.3 Å². The number of halogens is 1. The van der Waals surface area contributed by atoms with E-state index in [1.165, 1.54) is 16.9 Å². The van der Waals surface area contributed by atoms with Crippen LogP contribution >= 0.6 is 27.3 Å². The number of hydrogen-bond acceptors (Lipinski definition) is 3. The summed E-state index contributed by atoms with van der Waals surface area (Å²) < 4.78 is 0. The van der Waals surface area contributed by atoms with Gasteiger partial charge in [0, 0.05) is 11.4 Å². The van der Waals surface area contributed by atoms with Crippen molar-refractivity contribution in [1.29, 1.82) is 0 Å². The minimum absolute atomic E-state index is 0.0338. The third-order valence-electron chi connectivity index (χ3n) is 2.96. The summed E-state index contributed by atoms with van der Waals surface area (Å²) in [4.78, 5) is 17.3. The summed E-state index contributed by atoms with van der Waals surface area (Å²) in [6.45, 7) is 3.79. The van der Waals surface area contributed by atoms with Crippen molar-refractivity contribution in [3.63, 3.8) is 0 Å². The summed E-state index contributed by atoms with van der Waals surface area (Å²) in [5.41, 5.74) is 2.02. The molecule has 0 aliphatic heterocycles. The second-order valence-electron chi connectivity index (χ2n) is 4.66. The number of aromatic nitrogens is 1. The van der Waals surface area contributed by atoms with Crippen molar-refractivity contribution in [2.75, 3.05) is 5.33 Å². The summed E-state index contributed by atoms with van der Waals surface area (Å²) in [6, 6.07) is 10.2. The molecule has 0 radical (unpaired) electrons. The number of carbonyl (C=O) groups excluding carboxylic acids is 1. The molecule has 1 aromatic carbocycles. The van der Waals surface area contributed by atoms with Crippen molar-refractivity contribution in [3.8, 4) is 0 Å². The lowest BCUT2D eigenvalue weighted by Crippen LogP contribution is -2.37. The van der Waals surface area contributed by atoms with Crippen LogP contribution in [0.3, 0.4) is 0 Å². The molecule has 1 heterocycles. The van der Waals surface area contributed by atoms with E-state index in [1.807, 2.05) is 32.0 Å². The highest BCUT2D eigenvalue weighted by Crippen LogP contribution is 2.17. The van der Waals surface area contributed by atoms with E-state index in [0.29, 0.717) is 4.88 Å². The second-order valence-corrected chi connectivity index (χ2v) is 6.51. The van der Waals surface area contributed by atoms with E-state index in [-0.39, 0.29) is 11.9 Å². The molecule has 1 atom stereocenters. The molecular weight excluding hydrogens is 336 g/mol. The van der Waals surface area contributed by atoms with E-state index < -0.39 is 0 Å². The first kappa shape index (κ1) is 15.2. The van der Waals surface area contributed by atoms with Gasteiger partial charge in [0.2, 0.25) is 0 Å². The number of thiazole rings is 1. The molecule has 1 aromatic heterocycles. The van der Waals surface area contributed by atoms with Crippen LogP contribution in [-0.4, -0.2) is 22.3 Å². The molecule has 3 nitrogen and oxygen atoms in total. The van der Waals surface area contributed by atoms with E-state index in [2.05, 4.69) is 38.4 Å². The van der Waals surface area contributed by atoms with Gasteiger partial charge in [-0.3, -0.25) is 4.79 Å². The minimum atomic E-state index is -0.0338. The number of nitrogens with one attached hydrogen (secondary N) is 1. The molecule has 106 valence electrons. The van der Waals surface area contributed by atoms with Crippen LogP contribution in [0.25, 0.3) is 0 Å². The first-order valence-corrected chi connectivity index (χ1v) is 8.38. The van der Waals surface area contributed by atoms with Gasteiger partial charge in [-0.1, -0.05) is 46.3 Å². The van der Waals surface area contributed by atoms with Crippen LogP contribution in [0.4, 0.5) is 0 Å². The maximum Gasteiger partial charge on any atom is 0.263 e. The Balaban J connectivity index is 2.03. The van der Waals surface area contributed by atoms with Crippen molar-refractivity contribution in [1.82, 2.24) is 10.3 Å². The second kappa shape index (κ2) is 6.99. The third kappa shape index (κ3) is 3.90. The third-order valence-corrected chi connectivity index (χ3v) is 4.81. The predicted octanol–water partition coefficient (Wildman–Crippen LogP) is 3.50. The van der Waals surface area contributed by atoms with Crippen LogP contribution in [0.5, 0.6) is 0 Å². The highest BCUT2D eigenvalue weighted by molar-refractivity contribution is 9.09. The zero-order valence-corrected chi connectivity index (χ0v) is 13.9. The van der Waals surface area contributed by atoms with Gasteiger partial charge in [-0.15, -0.1) is 11.3 Å². The number of alkyl halides is 1. The molecule has 1 amide bonds. The summed E-state index contributed by atoms with van der Waals surface area (Å²) in [5, 5.41) is 4.72. The number of rotatable bonds is 5. The van der Waals surface area contributed by atoms with Crippen molar-refractivity contribution in [2.24, 2.45) is 0 Å². The number of nitrogens with zero attached hydrogens (tertiary/aromatic N) is 1. The van der Waals surface area contributed by atoms with E-state index in [1.54, 1.807) is 0 Å². The standard InChI is InChI=1S/C15H17BrN2OS/c1-10-14(20-11(2)17-10)15(19)18-13(9-16)8-12-6-4-3-5-7-12/h3-7,13H,8-9H2,1-2H3,(H,18,19). The van der Waals surface area contributed by atoms with Gasteiger partial charge in [0.05, 0.1) is 10.7 Å². The number of carbonyl (C=O) groups is 1. The van der Waals surface area contributed by atoms with Crippen molar-refractivity contribution < 1.29 is 4.79 Å². The lowest BCUT2D eigenvalue weighted by atomic mass is 10.1. The van der Waals surface area contributed by atoms with Crippen molar-refractivity contribution >= 4 is 33.2 Å². The first-order chi connectivity index (χ1) is 9.60. The number of amides is 1. The zero-order chi connectivity index (χ0) is 14.5. The predicted molar refractivity (Wildman–Crippen MR) is 86.8 cm³/mol. The average molecular weight is 353 g/mol. The quantitative estimate of drug-likeness (QED) is 0.836. The highest BCUT2D eigenvalue weighted by atomic mass is 79.9. The Hall–Kier alpha value is -1.20. The lowest BCUT2D eigenvalue weighted by molar-refractivity contribution is 0.0944. The first-order valence-electron chi connectivity index (χ1n) is 6.45. The molecule has 20 heavy (non-hydrogen) atoms. The molecule has 0 saturated heterocycles. The SMILES string of the molecule is Cc1nc(C)c(C(=O)NC(CBr)Cc2ccccc2)s1. The summed E-state index contributed by atoms with van der Waals surface area (Å²) >= 11 is 4.91. The van der Waals surface area contributed by atoms with Gasteiger partial charge >= 0.3 is 0 Å². The van der Waals surface area contributed by atoms with E-state index in [9.17, 15) is 4.79 Å². The van der Waals surface area contributed by atoms with Crippen molar-refractivity contribution in [3.05, 3.63) is 51.5 Å². The minimum Gasteiger partial charge on any atom is -0.347 e. The Kier molecular flexibility index (Phi) is 5.31. The number of hydrogen-bond donors (Lipinski definition) is 1. The summed E-state index contributed by atoms with van der Waals surface area (Å²) in [6.07, 6.45) is 0.814. The fraction of sp³-hybridized carbons (Fsp3) is 0.333. The normalized spacial score (nSPS) is 12.2. The highest BCUT2D eigenvalue weighted by Gasteiger charge is 2.17. The zero-order valence-electron chi connectivity index (χ0n) is 11.5. The smallest absolute Gasteiger partial charge is 0.263 e. The molecule has 5 heteroatoms. The lowest BCUT2D eigenvalue weighted by Gasteiger charge is -2.16. The van der Waals surface area contributed by atoms with Crippen LogP contribution in [0.1, 0.15) is 25.9 Å². The molecule has 1 unspecified atom stereocenters. The van der Waals surface area contributed by atoms with Gasteiger partial charge < -0.3 is 5.32 Å². The monoisotopic (exact) mass is 352 g/mol.